The zero-order valence-corrected chi connectivity index (χ0v) is 16.7. The topological polar surface area (TPSA) is 75.6 Å². The molecule has 0 radical (unpaired) electrons. The molecule has 0 aliphatic heterocycles. The first-order valence-corrected chi connectivity index (χ1v) is 9.81. The molecule has 2 aromatic carbocycles. The van der Waals surface area contributed by atoms with Gasteiger partial charge in [0.2, 0.25) is 5.91 Å². The highest BCUT2D eigenvalue weighted by molar-refractivity contribution is 5.92. The van der Waals surface area contributed by atoms with Gasteiger partial charge in [-0.2, -0.15) is 0 Å². The summed E-state index contributed by atoms with van der Waals surface area (Å²) in [4.78, 5) is 23.2. The van der Waals surface area contributed by atoms with Crippen LogP contribution in [0.25, 0.3) is 0 Å². The van der Waals surface area contributed by atoms with Crippen LogP contribution < -0.4 is 10.1 Å². The van der Waals surface area contributed by atoms with Gasteiger partial charge in [0.1, 0.15) is 5.75 Å². The normalized spacial score (nSPS) is 10.5. The van der Waals surface area contributed by atoms with Gasteiger partial charge < -0.3 is 15.2 Å². The highest BCUT2D eigenvalue weighted by Crippen LogP contribution is 2.27. The first-order valence-electron chi connectivity index (χ1n) is 9.81. The molecule has 5 heteroatoms. The quantitative estimate of drug-likeness (QED) is 0.586. The Balaban J connectivity index is 1.95. The predicted octanol–water partition coefficient (Wildman–Crippen LogP) is 4.76. The number of amides is 1. The van der Waals surface area contributed by atoms with Crippen molar-refractivity contribution >= 4 is 17.6 Å². The number of benzene rings is 2. The molecular formula is C23H29NO4. The number of hydrogen-bond acceptors (Lipinski definition) is 3. The van der Waals surface area contributed by atoms with Crippen LogP contribution in [0.1, 0.15) is 49.3 Å². The predicted molar refractivity (Wildman–Crippen MR) is 111 cm³/mol. The molecule has 0 aliphatic rings. The number of aryl methyl sites for hydroxylation is 3. The Morgan fingerprint density at radius 1 is 1.00 bits per heavy atom. The summed E-state index contributed by atoms with van der Waals surface area (Å²) in [5, 5.41) is 11.8. The van der Waals surface area contributed by atoms with Gasteiger partial charge in [0, 0.05) is 12.8 Å². The molecule has 0 heterocycles. The molecule has 28 heavy (non-hydrogen) atoms. The van der Waals surface area contributed by atoms with Gasteiger partial charge in [0.05, 0.1) is 12.3 Å². The van der Waals surface area contributed by atoms with Crippen LogP contribution in [0.5, 0.6) is 5.75 Å². The summed E-state index contributed by atoms with van der Waals surface area (Å²) < 4.78 is 5.72. The summed E-state index contributed by atoms with van der Waals surface area (Å²) in [7, 11) is 0. The van der Waals surface area contributed by atoms with Gasteiger partial charge in [-0.15, -0.1) is 0 Å². The molecule has 0 unspecified atom stereocenters. The molecule has 0 saturated carbocycles. The Labute approximate surface area is 166 Å². The summed E-state index contributed by atoms with van der Waals surface area (Å²) in [6.45, 7) is 4.63. The Morgan fingerprint density at radius 2 is 1.71 bits per heavy atom. The van der Waals surface area contributed by atoms with Crippen molar-refractivity contribution in [1.82, 2.24) is 0 Å². The molecule has 2 aromatic rings. The van der Waals surface area contributed by atoms with Crippen LogP contribution in [0.2, 0.25) is 0 Å². The lowest BCUT2D eigenvalue weighted by Crippen LogP contribution is -2.13. The fourth-order valence-electron chi connectivity index (χ4n) is 2.84. The Morgan fingerprint density at radius 3 is 2.39 bits per heavy atom. The maximum absolute atomic E-state index is 12.4. The second-order valence-electron chi connectivity index (χ2n) is 6.96. The molecule has 0 aliphatic carbocycles. The lowest BCUT2D eigenvalue weighted by Gasteiger charge is -2.14. The Kier molecular flexibility index (Phi) is 8.53. The van der Waals surface area contributed by atoms with E-state index in [1.165, 1.54) is 11.1 Å². The molecule has 1 amide bonds. The second-order valence-corrected chi connectivity index (χ2v) is 6.96. The Bertz CT molecular complexity index is 784. The first-order chi connectivity index (χ1) is 13.5. The molecule has 2 rings (SSSR count). The van der Waals surface area contributed by atoms with E-state index < -0.39 is 5.97 Å². The summed E-state index contributed by atoms with van der Waals surface area (Å²) in [6.07, 6.45) is 3.37. The molecular weight excluding hydrogens is 354 g/mol. The number of carboxylic acids is 1. The fraction of sp³-hybridized carbons (Fsp3) is 0.391. The van der Waals surface area contributed by atoms with Crippen molar-refractivity contribution in [1.29, 1.82) is 0 Å². The third-order valence-corrected chi connectivity index (χ3v) is 4.40. The van der Waals surface area contributed by atoms with Crippen molar-refractivity contribution in [2.24, 2.45) is 0 Å². The number of nitrogens with one attached hydrogen (secondary N) is 1. The van der Waals surface area contributed by atoms with E-state index in [-0.39, 0.29) is 12.3 Å². The van der Waals surface area contributed by atoms with Gasteiger partial charge in [-0.25, -0.2) is 0 Å². The second kappa shape index (κ2) is 11.1. The number of carbonyl (C=O) groups excluding carboxylic acids is 1. The zero-order chi connectivity index (χ0) is 20.4. The van der Waals surface area contributed by atoms with E-state index >= 15 is 0 Å². The van der Waals surface area contributed by atoms with E-state index in [0.29, 0.717) is 30.9 Å². The monoisotopic (exact) mass is 383 g/mol. The molecule has 5 nitrogen and oxygen atoms in total. The van der Waals surface area contributed by atoms with Gasteiger partial charge >= 0.3 is 5.97 Å². The number of hydrogen-bond donors (Lipinski definition) is 2. The van der Waals surface area contributed by atoms with Crippen LogP contribution in [-0.4, -0.2) is 23.6 Å². The minimum atomic E-state index is -0.840. The van der Waals surface area contributed by atoms with Crippen LogP contribution in [0.3, 0.4) is 0 Å². The van der Waals surface area contributed by atoms with Crippen LogP contribution >= 0.6 is 0 Å². The van der Waals surface area contributed by atoms with Crippen molar-refractivity contribution in [3.05, 3.63) is 59.2 Å². The lowest BCUT2D eigenvalue weighted by molar-refractivity contribution is -0.137. The summed E-state index contributed by atoms with van der Waals surface area (Å²) >= 11 is 0. The van der Waals surface area contributed by atoms with Crippen LogP contribution in [-0.2, 0) is 22.4 Å². The smallest absolute Gasteiger partial charge is 0.303 e. The fourth-order valence-corrected chi connectivity index (χ4v) is 2.84. The van der Waals surface area contributed by atoms with Crippen molar-refractivity contribution in [2.75, 3.05) is 11.9 Å². The van der Waals surface area contributed by atoms with E-state index in [1.54, 1.807) is 6.07 Å². The summed E-state index contributed by atoms with van der Waals surface area (Å²) in [5.74, 6) is -0.287. The molecule has 0 saturated heterocycles. The number of rotatable bonds is 11. The third-order valence-electron chi connectivity index (χ3n) is 4.40. The van der Waals surface area contributed by atoms with Crippen molar-refractivity contribution in [3.8, 4) is 5.75 Å². The molecule has 150 valence electrons. The molecule has 0 fully saturated rings. The maximum Gasteiger partial charge on any atom is 0.303 e. The molecule has 0 aromatic heterocycles. The van der Waals surface area contributed by atoms with Crippen LogP contribution in [0.15, 0.2) is 42.5 Å². The van der Waals surface area contributed by atoms with E-state index in [4.69, 9.17) is 9.84 Å². The van der Waals surface area contributed by atoms with Crippen LogP contribution in [0, 0.1) is 6.92 Å². The minimum absolute atomic E-state index is 0.0547. The molecule has 0 atom stereocenters. The van der Waals surface area contributed by atoms with Crippen molar-refractivity contribution < 1.29 is 19.4 Å². The number of aliphatic carboxylic acids is 1. The van der Waals surface area contributed by atoms with E-state index in [1.807, 2.05) is 19.1 Å². The highest BCUT2D eigenvalue weighted by Gasteiger charge is 2.10. The van der Waals surface area contributed by atoms with Gasteiger partial charge in [0.15, 0.2) is 0 Å². The van der Waals surface area contributed by atoms with Gasteiger partial charge in [-0.1, -0.05) is 42.8 Å². The molecule has 2 N–H and O–H groups in total. The highest BCUT2D eigenvalue weighted by atomic mass is 16.5. The summed E-state index contributed by atoms with van der Waals surface area (Å²) in [5.41, 5.74) is 3.92. The maximum atomic E-state index is 12.4. The molecule has 0 spiro atoms. The van der Waals surface area contributed by atoms with Gasteiger partial charge in [-0.3, -0.25) is 9.59 Å². The first kappa shape index (κ1) is 21.5. The van der Waals surface area contributed by atoms with E-state index in [0.717, 1.165) is 24.8 Å². The zero-order valence-electron chi connectivity index (χ0n) is 16.7. The third kappa shape index (κ3) is 7.43. The number of anilines is 1. The average Bonchev–Trinajstić information content (AvgIpc) is 2.67. The molecule has 0 bridgehead atoms. The lowest BCUT2D eigenvalue weighted by atomic mass is 10.1. The van der Waals surface area contributed by atoms with E-state index in [9.17, 15) is 9.59 Å². The summed E-state index contributed by atoms with van der Waals surface area (Å²) in [6, 6.07) is 13.8. The standard InChI is InChI=1S/C23H29NO4/c1-3-15-28-21-13-11-19(12-14-23(26)27)16-20(21)24-22(25)6-4-5-18-9-7-17(2)8-10-18/h7-11,13,16H,3-6,12,14-15H2,1-2H3,(H,24,25)(H,26,27). The van der Waals surface area contributed by atoms with Gasteiger partial charge in [0.25, 0.3) is 0 Å². The number of carboxylic acid groups (broad SMARTS) is 1. The minimum Gasteiger partial charge on any atom is -0.491 e. The number of carbonyl (C=O) groups is 2. The number of ether oxygens (including phenoxy) is 1. The van der Waals surface area contributed by atoms with Crippen LogP contribution in [0.4, 0.5) is 5.69 Å². The Hall–Kier alpha value is -2.82. The average molecular weight is 383 g/mol. The van der Waals surface area contributed by atoms with E-state index in [2.05, 4.69) is 36.5 Å². The largest absolute Gasteiger partial charge is 0.491 e. The SMILES string of the molecule is CCCOc1ccc(CCC(=O)O)cc1NC(=O)CCCc1ccc(C)cc1. The van der Waals surface area contributed by atoms with Crippen molar-refractivity contribution in [2.45, 2.75) is 52.4 Å². The van der Waals surface area contributed by atoms with Crippen molar-refractivity contribution in [3.63, 3.8) is 0 Å². The van der Waals surface area contributed by atoms with Gasteiger partial charge in [-0.05, 0) is 55.9 Å².